The fourth-order valence-corrected chi connectivity index (χ4v) is 1.93. The van der Waals surface area contributed by atoms with E-state index in [2.05, 4.69) is 56.5 Å². The molecule has 0 fully saturated rings. The Morgan fingerprint density at radius 2 is 1.82 bits per heavy atom. The Kier molecular flexibility index (Phi) is 4.49. The van der Waals surface area contributed by atoms with Crippen LogP contribution in [0.15, 0.2) is 12.3 Å². The van der Waals surface area contributed by atoms with E-state index < -0.39 is 0 Å². The standard InChI is InChI=1S/C14H25N3/c1-7-11(8-2)17(6)12-9-10-15-13(16-12)14(3,4)5/h9-11H,7-8H2,1-6H3. The predicted octanol–water partition coefficient (Wildman–Crippen LogP) is 3.40. The number of rotatable bonds is 4. The van der Waals surface area contributed by atoms with Gasteiger partial charge in [-0.3, -0.25) is 0 Å². The number of hydrogen-bond acceptors (Lipinski definition) is 3. The van der Waals surface area contributed by atoms with Crippen molar-refractivity contribution in [2.45, 2.75) is 58.9 Å². The average Bonchev–Trinajstić information content (AvgIpc) is 2.29. The number of nitrogens with zero attached hydrogens (tertiary/aromatic N) is 3. The summed E-state index contributed by atoms with van der Waals surface area (Å²) in [6.45, 7) is 10.9. The van der Waals surface area contributed by atoms with E-state index in [1.807, 2.05) is 12.3 Å². The van der Waals surface area contributed by atoms with Gasteiger partial charge in [0.2, 0.25) is 0 Å². The van der Waals surface area contributed by atoms with Gasteiger partial charge in [0.15, 0.2) is 0 Å². The second-order valence-electron chi connectivity index (χ2n) is 5.57. The van der Waals surface area contributed by atoms with Crippen molar-refractivity contribution in [3.05, 3.63) is 18.1 Å². The molecule has 1 heterocycles. The maximum Gasteiger partial charge on any atom is 0.135 e. The molecular weight excluding hydrogens is 210 g/mol. The van der Waals surface area contributed by atoms with Crippen LogP contribution >= 0.6 is 0 Å². The normalized spacial score (nSPS) is 11.9. The van der Waals surface area contributed by atoms with E-state index in [-0.39, 0.29) is 5.41 Å². The molecule has 0 aromatic carbocycles. The Morgan fingerprint density at radius 3 is 2.29 bits per heavy atom. The lowest BCUT2D eigenvalue weighted by Crippen LogP contribution is -2.31. The third-order valence-electron chi connectivity index (χ3n) is 3.16. The highest BCUT2D eigenvalue weighted by atomic mass is 15.2. The fourth-order valence-electron chi connectivity index (χ4n) is 1.93. The van der Waals surface area contributed by atoms with Crippen LogP contribution in [0.3, 0.4) is 0 Å². The molecule has 0 bridgehead atoms. The molecule has 0 spiro atoms. The first-order valence-electron chi connectivity index (χ1n) is 6.46. The molecule has 0 N–H and O–H groups in total. The van der Waals surface area contributed by atoms with Gasteiger partial charge in [-0.05, 0) is 18.9 Å². The van der Waals surface area contributed by atoms with Crippen molar-refractivity contribution in [3.63, 3.8) is 0 Å². The van der Waals surface area contributed by atoms with Crippen LogP contribution in [0.5, 0.6) is 0 Å². The van der Waals surface area contributed by atoms with Gasteiger partial charge in [0, 0.05) is 24.7 Å². The second-order valence-corrected chi connectivity index (χ2v) is 5.57. The summed E-state index contributed by atoms with van der Waals surface area (Å²) in [7, 11) is 2.12. The highest BCUT2D eigenvalue weighted by molar-refractivity contribution is 5.38. The van der Waals surface area contributed by atoms with Crippen LogP contribution < -0.4 is 4.90 Å². The van der Waals surface area contributed by atoms with Crippen LogP contribution in [0.4, 0.5) is 5.82 Å². The van der Waals surface area contributed by atoms with Crippen molar-refractivity contribution in [2.75, 3.05) is 11.9 Å². The van der Waals surface area contributed by atoms with Gasteiger partial charge in [0.05, 0.1) is 0 Å². The third kappa shape index (κ3) is 3.42. The van der Waals surface area contributed by atoms with Gasteiger partial charge in [-0.1, -0.05) is 34.6 Å². The van der Waals surface area contributed by atoms with Crippen molar-refractivity contribution in [1.82, 2.24) is 9.97 Å². The van der Waals surface area contributed by atoms with Gasteiger partial charge in [-0.2, -0.15) is 0 Å². The van der Waals surface area contributed by atoms with Gasteiger partial charge in [-0.25, -0.2) is 9.97 Å². The summed E-state index contributed by atoms with van der Waals surface area (Å²) in [5.74, 6) is 1.94. The molecule has 0 saturated carbocycles. The largest absolute Gasteiger partial charge is 0.357 e. The SMILES string of the molecule is CCC(CC)N(C)c1ccnc(C(C)(C)C)n1. The molecule has 0 radical (unpaired) electrons. The zero-order chi connectivity index (χ0) is 13.1. The number of aromatic nitrogens is 2. The van der Waals surface area contributed by atoms with Crippen LogP contribution in [0, 0.1) is 0 Å². The lowest BCUT2D eigenvalue weighted by Gasteiger charge is -2.28. The average molecular weight is 235 g/mol. The van der Waals surface area contributed by atoms with E-state index in [1.165, 1.54) is 0 Å². The first-order chi connectivity index (χ1) is 7.90. The molecule has 0 amide bonds. The lowest BCUT2D eigenvalue weighted by atomic mass is 9.96. The quantitative estimate of drug-likeness (QED) is 0.801. The molecule has 96 valence electrons. The number of hydrogen-bond donors (Lipinski definition) is 0. The maximum absolute atomic E-state index is 4.68. The van der Waals surface area contributed by atoms with Crippen LogP contribution in [-0.2, 0) is 5.41 Å². The minimum absolute atomic E-state index is 0.00474. The second kappa shape index (κ2) is 5.48. The Bertz CT molecular complexity index is 351. The predicted molar refractivity (Wildman–Crippen MR) is 73.5 cm³/mol. The van der Waals surface area contributed by atoms with Crippen LogP contribution in [-0.4, -0.2) is 23.1 Å². The van der Waals surface area contributed by atoms with Crippen molar-refractivity contribution >= 4 is 5.82 Å². The van der Waals surface area contributed by atoms with Crippen molar-refractivity contribution in [3.8, 4) is 0 Å². The van der Waals surface area contributed by atoms with E-state index in [0.717, 1.165) is 24.5 Å². The molecule has 1 aromatic rings. The van der Waals surface area contributed by atoms with Gasteiger partial charge < -0.3 is 4.90 Å². The Labute approximate surface area is 105 Å². The molecule has 17 heavy (non-hydrogen) atoms. The van der Waals surface area contributed by atoms with E-state index in [1.54, 1.807) is 0 Å². The molecule has 1 rings (SSSR count). The molecule has 0 aliphatic rings. The maximum atomic E-state index is 4.68. The van der Waals surface area contributed by atoms with Crippen LogP contribution in [0.2, 0.25) is 0 Å². The van der Waals surface area contributed by atoms with E-state index in [9.17, 15) is 0 Å². The zero-order valence-electron chi connectivity index (χ0n) is 12.0. The fraction of sp³-hybridized carbons (Fsp3) is 0.714. The zero-order valence-corrected chi connectivity index (χ0v) is 12.0. The summed E-state index contributed by atoms with van der Waals surface area (Å²) in [5.41, 5.74) is 0.00474. The summed E-state index contributed by atoms with van der Waals surface area (Å²) in [6, 6.07) is 2.55. The Balaban J connectivity index is 2.99. The highest BCUT2D eigenvalue weighted by Gasteiger charge is 2.19. The minimum Gasteiger partial charge on any atom is -0.357 e. The van der Waals surface area contributed by atoms with Crippen LogP contribution in [0.25, 0.3) is 0 Å². The van der Waals surface area contributed by atoms with Crippen LogP contribution in [0.1, 0.15) is 53.3 Å². The Morgan fingerprint density at radius 1 is 1.24 bits per heavy atom. The van der Waals surface area contributed by atoms with Crippen molar-refractivity contribution in [2.24, 2.45) is 0 Å². The molecule has 0 aliphatic heterocycles. The molecule has 3 heteroatoms. The molecule has 0 saturated heterocycles. The third-order valence-corrected chi connectivity index (χ3v) is 3.16. The van der Waals surface area contributed by atoms with Gasteiger partial charge in [0.1, 0.15) is 11.6 Å². The molecule has 0 atom stereocenters. The van der Waals surface area contributed by atoms with E-state index in [4.69, 9.17) is 0 Å². The summed E-state index contributed by atoms with van der Waals surface area (Å²) in [4.78, 5) is 11.3. The summed E-state index contributed by atoms with van der Waals surface area (Å²) in [5, 5.41) is 0. The smallest absolute Gasteiger partial charge is 0.135 e. The summed E-state index contributed by atoms with van der Waals surface area (Å²) in [6.07, 6.45) is 4.14. The lowest BCUT2D eigenvalue weighted by molar-refractivity contribution is 0.537. The van der Waals surface area contributed by atoms with Gasteiger partial charge >= 0.3 is 0 Å². The first-order valence-corrected chi connectivity index (χ1v) is 6.46. The highest BCUT2D eigenvalue weighted by Crippen LogP contribution is 2.21. The first kappa shape index (κ1) is 13.9. The van der Waals surface area contributed by atoms with Gasteiger partial charge in [-0.15, -0.1) is 0 Å². The monoisotopic (exact) mass is 235 g/mol. The molecule has 1 aromatic heterocycles. The van der Waals surface area contributed by atoms with E-state index >= 15 is 0 Å². The molecule has 0 unspecified atom stereocenters. The minimum atomic E-state index is 0.00474. The summed E-state index contributed by atoms with van der Waals surface area (Å²) < 4.78 is 0. The van der Waals surface area contributed by atoms with E-state index in [0.29, 0.717) is 6.04 Å². The molecule has 3 nitrogen and oxygen atoms in total. The molecular formula is C14H25N3. The molecule has 0 aliphatic carbocycles. The summed E-state index contributed by atoms with van der Waals surface area (Å²) >= 11 is 0. The van der Waals surface area contributed by atoms with Crippen molar-refractivity contribution < 1.29 is 0 Å². The number of anilines is 1. The topological polar surface area (TPSA) is 29.0 Å². The van der Waals surface area contributed by atoms with Gasteiger partial charge in [0.25, 0.3) is 0 Å². The Hall–Kier alpha value is -1.12. The van der Waals surface area contributed by atoms with Crippen molar-refractivity contribution in [1.29, 1.82) is 0 Å².